The maximum atomic E-state index is 12.6. The molecule has 0 atom stereocenters. The van der Waals surface area contributed by atoms with E-state index in [1.165, 1.54) is 6.07 Å². The molecule has 1 fully saturated rings. The number of alkyl halides is 2. The first-order valence-corrected chi connectivity index (χ1v) is 8.52. The van der Waals surface area contributed by atoms with Crippen LogP contribution in [-0.2, 0) is 4.74 Å². The maximum absolute atomic E-state index is 12.6. The Morgan fingerprint density at radius 3 is 2.91 bits per heavy atom. The van der Waals surface area contributed by atoms with Gasteiger partial charge in [-0.25, -0.2) is 0 Å². The molecule has 0 bridgehead atoms. The third-order valence-corrected chi connectivity index (χ3v) is 4.62. The highest BCUT2D eigenvalue weighted by molar-refractivity contribution is 7.12. The fraction of sp³-hybridized carbons (Fsp3) is 0.667. The first-order chi connectivity index (χ1) is 11.1. The van der Waals surface area contributed by atoms with Crippen molar-refractivity contribution < 1.29 is 23.0 Å². The molecule has 1 aliphatic rings. The van der Waals surface area contributed by atoms with Gasteiger partial charge in [0.1, 0.15) is 10.6 Å². The number of thiophene rings is 1. The molecule has 1 saturated heterocycles. The largest absolute Gasteiger partial charge is 0.433 e. The van der Waals surface area contributed by atoms with Crippen molar-refractivity contribution in [2.45, 2.75) is 19.5 Å². The summed E-state index contributed by atoms with van der Waals surface area (Å²) in [6.45, 7) is 1.68. The second-order valence-corrected chi connectivity index (χ2v) is 6.24. The molecule has 1 aliphatic heterocycles. The number of halogens is 2. The Morgan fingerprint density at radius 1 is 1.35 bits per heavy atom. The summed E-state index contributed by atoms with van der Waals surface area (Å²) in [4.78, 5) is 16.8. The van der Waals surface area contributed by atoms with Gasteiger partial charge >= 0.3 is 6.61 Å². The molecule has 0 unspecified atom stereocenters. The van der Waals surface area contributed by atoms with Gasteiger partial charge in [0, 0.05) is 39.9 Å². The molecule has 1 amide bonds. The summed E-state index contributed by atoms with van der Waals surface area (Å²) < 4.78 is 34.2. The minimum atomic E-state index is -2.92. The van der Waals surface area contributed by atoms with E-state index in [-0.39, 0.29) is 16.5 Å². The second kappa shape index (κ2) is 9.14. The predicted molar refractivity (Wildman–Crippen MR) is 84.4 cm³/mol. The van der Waals surface area contributed by atoms with Gasteiger partial charge in [0.25, 0.3) is 5.91 Å². The molecule has 8 heteroatoms. The van der Waals surface area contributed by atoms with E-state index in [2.05, 4.69) is 9.64 Å². The van der Waals surface area contributed by atoms with Gasteiger partial charge in [-0.3, -0.25) is 4.79 Å². The molecule has 2 rings (SSSR count). The topological polar surface area (TPSA) is 42.0 Å². The Labute approximate surface area is 138 Å². The summed E-state index contributed by atoms with van der Waals surface area (Å²) in [6, 6.07) is 1.42. The van der Waals surface area contributed by atoms with Crippen LogP contribution in [0.15, 0.2) is 11.4 Å². The molecule has 0 spiro atoms. The van der Waals surface area contributed by atoms with Crippen molar-refractivity contribution in [1.29, 1.82) is 0 Å². The average molecular weight is 348 g/mol. The second-order valence-electron chi connectivity index (χ2n) is 5.33. The van der Waals surface area contributed by atoms with E-state index in [9.17, 15) is 13.6 Å². The highest BCUT2D eigenvalue weighted by Gasteiger charge is 2.24. The monoisotopic (exact) mass is 348 g/mol. The van der Waals surface area contributed by atoms with E-state index in [0.717, 1.165) is 50.4 Å². The van der Waals surface area contributed by atoms with Gasteiger partial charge in [0.15, 0.2) is 0 Å². The Kier molecular flexibility index (Phi) is 7.19. The van der Waals surface area contributed by atoms with Crippen LogP contribution in [-0.4, -0.2) is 68.8 Å². The molecule has 0 aromatic carbocycles. The molecule has 0 saturated carbocycles. The summed E-state index contributed by atoms with van der Waals surface area (Å²) >= 11 is 1.14. The number of carbonyl (C=O) groups is 1. The van der Waals surface area contributed by atoms with E-state index >= 15 is 0 Å². The number of hydrogen-bond acceptors (Lipinski definition) is 5. The Hall–Kier alpha value is -1.25. The van der Waals surface area contributed by atoms with Crippen LogP contribution in [0.25, 0.3) is 0 Å². The van der Waals surface area contributed by atoms with Crippen molar-refractivity contribution in [3.05, 3.63) is 16.3 Å². The summed E-state index contributed by atoms with van der Waals surface area (Å²) in [5.74, 6) is -0.259. The van der Waals surface area contributed by atoms with E-state index in [0.29, 0.717) is 13.1 Å². The summed E-state index contributed by atoms with van der Waals surface area (Å²) in [5, 5.41) is 1.60. The van der Waals surface area contributed by atoms with Crippen LogP contribution in [0.3, 0.4) is 0 Å². The molecule has 0 aliphatic carbocycles. The van der Waals surface area contributed by atoms with Gasteiger partial charge in [-0.15, -0.1) is 11.3 Å². The van der Waals surface area contributed by atoms with Gasteiger partial charge in [-0.05, 0) is 30.8 Å². The van der Waals surface area contributed by atoms with Gasteiger partial charge < -0.3 is 19.3 Å². The van der Waals surface area contributed by atoms with E-state index in [1.54, 1.807) is 17.4 Å². The molecular weight excluding hydrogens is 326 g/mol. The smallest absolute Gasteiger partial charge is 0.387 e. The quantitative estimate of drug-likeness (QED) is 0.710. The number of ether oxygens (including phenoxy) is 2. The Balaban J connectivity index is 1.92. The van der Waals surface area contributed by atoms with Crippen molar-refractivity contribution in [2.75, 3.05) is 46.4 Å². The third-order valence-electron chi connectivity index (χ3n) is 3.74. The van der Waals surface area contributed by atoms with E-state index < -0.39 is 6.61 Å². The molecular formula is C15H22F2N2O3S. The minimum Gasteiger partial charge on any atom is -0.433 e. The SMILES string of the molecule is COCCCN1CCCN(C(=O)c2sccc2OC(F)F)CC1. The van der Waals surface area contributed by atoms with Crippen LogP contribution in [0.4, 0.5) is 8.78 Å². The van der Waals surface area contributed by atoms with Crippen LogP contribution in [0.5, 0.6) is 5.75 Å². The first kappa shape index (κ1) is 18.1. The standard InChI is InChI=1S/C15H22F2N2O3S/c1-21-10-3-6-18-5-2-7-19(9-8-18)14(20)13-12(4-11-23-13)22-15(16)17/h4,11,15H,2-3,5-10H2,1H3. The number of rotatable bonds is 7. The highest BCUT2D eigenvalue weighted by atomic mass is 32.1. The van der Waals surface area contributed by atoms with Crippen molar-refractivity contribution in [1.82, 2.24) is 9.80 Å². The minimum absolute atomic E-state index is 0.0313. The van der Waals surface area contributed by atoms with Crippen molar-refractivity contribution in [3.63, 3.8) is 0 Å². The summed E-state index contributed by atoms with van der Waals surface area (Å²) in [6.07, 6.45) is 1.83. The number of methoxy groups -OCH3 is 1. The molecule has 23 heavy (non-hydrogen) atoms. The van der Waals surface area contributed by atoms with Crippen LogP contribution in [0.2, 0.25) is 0 Å². The molecule has 5 nitrogen and oxygen atoms in total. The fourth-order valence-corrected chi connectivity index (χ4v) is 3.41. The number of nitrogens with zero attached hydrogens (tertiary/aromatic N) is 2. The van der Waals surface area contributed by atoms with Crippen LogP contribution in [0.1, 0.15) is 22.5 Å². The molecule has 130 valence electrons. The number of amides is 1. The number of carbonyl (C=O) groups excluding carboxylic acids is 1. The molecule has 1 aromatic rings. The Morgan fingerprint density at radius 2 is 2.17 bits per heavy atom. The van der Waals surface area contributed by atoms with Crippen molar-refractivity contribution >= 4 is 17.2 Å². The van der Waals surface area contributed by atoms with E-state index in [1.807, 2.05) is 0 Å². The molecule has 0 N–H and O–H groups in total. The van der Waals surface area contributed by atoms with Crippen LogP contribution < -0.4 is 4.74 Å². The lowest BCUT2D eigenvalue weighted by Gasteiger charge is -2.22. The zero-order valence-electron chi connectivity index (χ0n) is 13.2. The first-order valence-electron chi connectivity index (χ1n) is 7.64. The van der Waals surface area contributed by atoms with Gasteiger partial charge in [0.05, 0.1) is 0 Å². The zero-order chi connectivity index (χ0) is 16.7. The highest BCUT2D eigenvalue weighted by Crippen LogP contribution is 2.28. The molecule has 1 aromatic heterocycles. The lowest BCUT2D eigenvalue weighted by atomic mass is 10.3. The zero-order valence-corrected chi connectivity index (χ0v) is 14.0. The number of hydrogen-bond donors (Lipinski definition) is 0. The van der Waals surface area contributed by atoms with Gasteiger partial charge in [-0.2, -0.15) is 8.78 Å². The van der Waals surface area contributed by atoms with Crippen LogP contribution in [0, 0.1) is 0 Å². The van der Waals surface area contributed by atoms with Gasteiger partial charge in [0.2, 0.25) is 0 Å². The molecule has 0 radical (unpaired) electrons. The maximum Gasteiger partial charge on any atom is 0.387 e. The predicted octanol–water partition coefficient (Wildman–Crippen LogP) is 2.53. The lowest BCUT2D eigenvalue weighted by Crippen LogP contribution is -2.35. The van der Waals surface area contributed by atoms with Crippen molar-refractivity contribution in [2.24, 2.45) is 0 Å². The van der Waals surface area contributed by atoms with Crippen molar-refractivity contribution in [3.8, 4) is 5.75 Å². The van der Waals surface area contributed by atoms with Gasteiger partial charge in [-0.1, -0.05) is 0 Å². The lowest BCUT2D eigenvalue weighted by molar-refractivity contribution is -0.0499. The third kappa shape index (κ3) is 5.40. The Bertz CT molecular complexity index is 499. The molecule has 2 heterocycles. The van der Waals surface area contributed by atoms with Crippen LogP contribution >= 0.6 is 11.3 Å². The summed E-state index contributed by atoms with van der Waals surface area (Å²) in [5.41, 5.74) is 0. The average Bonchev–Trinajstić information content (AvgIpc) is 2.83. The fourth-order valence-electron chi connectivity index (χ4n) is 2.62. The normalized spacial score (nSPS) is 16.6. The van der Waals surface area contributed by atoms with E-state index in [4.69, 9.17) is 4.74 Å². The summed E-state index contributed by atoms with van der Waals surface area (Å²) in [7, 11) is 1.68.